The van der Waals surface area contributed by atoms with Gasteiger partial charge in [0.05, 0.1) is 11.6 Å². The molecule has 0 aliphatic carbocycles. The molecule has 1 aromatic rings. The quantitative estimate of drug-likeness (QED) is 0.918. The summed E-state index contributed by atoms with van der Waals surface area (Å²) in [6.45, 7) is 7.67. The van der Waals surface area contributed by atoms with Gasteiger partial charge in [0, 0.05) is 43.4 Å². The molecule has 0 radical (unpaired) electrons. The van der Waals surface area contributed by atoms with Crippen LogP contribution in [-0.2, 0) is 6.42 Å². The van der Waals surface area contributed by atoms with Crippen molar-refractivity contribution in [1.29, 1.82) is 0 Å². The number of likely N-dealkylation sites (tertiary alicyclic amines) is 1. The maximum Gasteiger partial charge on any atom is 0.317 e. The van der Waals surface area contributed by atoms with E-state index in [0.29, 0.717) is 19.0 Å². The molecule has 2 heterocycles. The summed E-state index contributed by atoms with van der Waals surface area (Å²) < 4.78 is 0. The summed E-state index contributed by atoms with van der Waals surface area (Å²) >= 11 is 1.64. The average molecular weight is 337 g/mol. The first-order valence-electron chi connectivity index (χ1n) is 8.18. The molecule has 0 spiro atoms. The Labute approximate surface area is 142 Å². The molecule has 1 aromatic heterocycles. The SMILES string of the molecule is CCc1cc(C(=O)N2C[C@@H](NC(=O)N(C)C)[C@H](C(C)C)C2)cs1. The fourth-order valence-electron chi connectivity index (χ4n) is 2.97. The van der Waals surface area contributed by atoms with Crippen LogP contribution in [0.3, 0.4) is 0 Å². The Hall–Kier alpha value is -1.56. The molecule has 0 aromatic carbocycles. The molecule has 1 aliphatic rings. The van der Waals surface area contributed by atoms with E-state index < -0.39 is 0 Å². The number of carbonyl (C=O) groups excluding carboxylic acids is 2. The highest BCUT2D eigenvalue weighted by Gasteiger charge is 2.38. The van der Waals surface area contributed by atoms with Crippen molar-refractivity contribution in [2.45, 2.75) is 33.2 Å². The van der Waals surface area contributed by atoms with Gasteiger partial charge in [-0.05, 0) is 18.4 Å². The number of nitrogens with zero attached hydrogens (tertiary/aromatic N) is 2. The summed E-state index contributed by atoms with van der Waals surface area (Å²) in [7, 11) is 3.46. The third-order valence-electron chi connectivity index (χ3n) is 4.47. The van der Waals surface area contributed by atoms with Crippen LogP contribution < -0.4 is 5.32 Å². The van der Waals surface area contributed by atoms with E-state index in [1.54, 1.807) is 25.4 Å². The molecule has 2 rings (SSSR count). The largest absolute Gasteiger partial charge is 0.336 e. The lowest BCUT2D eigenvalue weighted by molar-refractivity contribution is 0.0783. The van der Waals surface area contributed by atoms with Crippen LogP contribution in [-0.4, -0.2) is 55.0 Å². The van der Waals surface area contributed by atoms with Crippen molar-refractivity contribution in [2.75, 3.05) is 27.2 Å². The molecule has 1 fully saturated rings. The number of carbonyl (C=O) groups is 2. The van der Waals surface area contributed by atoms with Crippen LogP contribution in [0.2, 0.25) is 0 Å². The van der Waals surface area contributed by atoms with Crippen LogP contribution in [0, 0.1) is 11.8 Å². The minimum atomic E-state index is -0.0984. The number of hydrogen-bond donors (Lipinski definition) is 1. The molecule has 2 atom stereocenters. The van der Waals surface area contributed by atoms with E-state index in [-0.39, 0.29) is 23.9 Å². The molecule has 1 aliphatic heterocycles. The Balaban J connectivity index is 2.09. The fourth-order valence-corrected chi connectivity index (χ4v) is 3.78. The monoisotopic (exact) mass is 337 g/mol. The molecule has 128 valence electrons. The molecule has 0 saturated carbocycles. The van der Waals surface area contributed by atoms with Gasteiger partial charge in [-0.25, -0.2) is 4.79 Å². The van der Waals surface area contributed by atoms with Crippen LogP contribution in [0.25, 0.3) is 0 Å². The van der Waals surface area contributed by atoms with E-state index >= 15 is 0 Å². The molecule has 6 heteroatoms. The van der Waals surface area contributed by atoms with Gasteiger partial charge in [0.25, 0.3) is 5.91 Å². The molecule has 0 bridgehead atoms. The second-order valence-corrected chi connectivity index (χ2v) is 7.72. The predicted molar refractivity (Wildman–Crippen MR) is 93.9 cm³/mol. The molecule has 3 amide bonds. The van der Waals surface area contributed by atoms with E-state index in [1.807, 2.05) is 16.3 Å². The highest BCUT2D eigenvalue weighted by atomic mass is 32.1. The number of thiophene rings is 1. The smallest absolute Gasteiger partial charge is 0.317 e. The summed E-state index contributed by atoms with van der Waals surface area (Å²) in [5, 5.41) is 5.00. The maximum absolute atomic E-state index is 12.7. The lowest BCUT2D eigenvalue weighted by Crippen LogP contribution is -2.46. The van der Waals surface area contributed by atoms with Gasteiger partial charge in [-0.2, -0.15) is 0 Å². The number of urea groups is 1. The second kappa shape index (κ2) is 7.34. The van der Waals surface area contributed by atoms with Gasteiger partial charge in [0.2, 0.25) is 0 Å². The van der Waals surface area contributed by atoms with E-state index in [2.05, 4.69) is 26.1 Å². The van der Waals surface area contributed by atoms with Crippen LogP contribution in [0.5, 0.6) is 0 Å². The van der Waals surface area contributed by atoms with Gasteiger partial charge in [-0.15, -0.1) is 11.3 Å². The number of hydrogen-bond acceptors (Lipinski definition) is 3. The first-order valence-corrected chi connectivity index (χ1v) is 9.06. The zero-order valence-corrected chi connectivity index (χ0v) is 15.4. The number of rotatable bonds is 4. The van der Waals surface area contributed by atoms with Gasteiger partial charge in [-0.1, -0.05) is 20.8 Å². The molecule has 1 saturated heterocycles. The molecule has 1 N–H and O–H groups in total. The van der Waals surface area contributed by atoms with Crippen molar-refractivity contribution in [3.8, 4) is 0 Å². The van der Waals surface area contributed by atoms with Gasteiger partial charge in [0.15, 0.2) is 0 Å². The minimum Gasteiger partial charge on any atom is -0.336 e. The van der Waals surface area contributed by atoms with Crippen molar-refractivity contribution in [2.24, 2.45) is 11.8 Å². The van der Waals surface area contributed by atoms with Crippen LogP contribution in [0.1, 0.15) is 36.0 Å². The predicted octanol–water partition coefficient (Wildman–Crippen LogP) is 2.68. The van der Waals surface area contributed by atoms with Crippen LogP contribution >= 0.6 is 11.3 Å². The van der Waals surface area contributed by atoms with Crippen molar-refractivity contribution in [3.63, 3.8) is 0 Å². The number of amides is 3. The summed E-state index contributed by atoms with van der Waals surface area (Å²) in [5.41, 5.74) is 0.772. The Bertz CT molecular complexity index is 568. The van der Waals surface area contributed by atoms with Gasteiger partial charge >= 0.3 is 6.03 Å². The van der Waals surface area contributed by atoms with E-state index in [9.17, 15) is 9.59 Å². The Morgan fingerprint density at radius 3 is 2.61 bits per heavy atom. The van der Waals surface area contributed by atoms with E-state index in [0.717, 1.165) is 12.0 Å². The second-order valence-electron chi connectivity index (χ2n) is 6.72. The highest BCUT2D eigenvalue weighted by Crippen LogP contribution is 2.27. The van der Waals surface area contributed by atoms with Crippen LogP contribution in [0.15, 0.2) is 11.4 Å². The maximum atomic E-state index is 12.7. The van der Waals surface area contributed by atoms with Crippen molar-refractivity contribution >= 4 is 23.3 Å². The zero-order valence-electron chi connectivity index (χ0n) is 14.6. The lowest BCUT2D eigenvalue weighted by Gasteiger charge is -2.24. The summed E-state index contributed by atoms with van der Waals surface area (Å²) in [4.78, 5) is 29.3. The standard InChI is InChI=1S/C17H27N3O2S/c1-6-13-7-12(10-23-13)16(21)20-8-14(11(2)3)15(9-20)18-17(22)19(4)5/h7,10-11,14-15H,6,8-9H2,1-5H3,(H,18,22)/t14-,15+/m0/s1. The van der Waals surface area contributed by atoms with E-state index in [1.165, 1.54) is 9.78 Å². The summed E-state index contributed by atoms with van der Waals surface area (Å²) in [6.07, 6.45) is 0.952. The summed E-state index contributed by atoms with van der Waals surface area (Å²) in [5.74, 6) is 0.772. The molecule has 5 nitrogen and oxygen atoms in total. The molecular weight excluding hydrogens is 310 g/mol. The molecule has 0 unspecified atom stereocenters. The van der Waals surface area contributed by atoms with Crippen molar-refractivity contribution < 1.29 is 9.59 Å². The topological polar surface area (TPSA) is 52.7 Å². The lowest BCUT2D eigenvalue weighted by atomic mass is 9.91. The zero-order chi connectivity index (χ0) is 17.1. The Morgan fingerprint density at radius 2 is 2.09 bits per heavy atom. The van der Waals surface area contributed by atoms with Gasteiger partial charge in [0.1, 0.15) is 0 Å². The first kappa shape index (κ1) is 17.8. The third-order valence-corrected chi connectivity index (χ3v) is 5.55. The average Bonchev–Trinajstić information content (AvgIpc) is 3.13. The highest BCUT2D eigenvalue weighted by molar-refractivity contribution is 7.10. The molecule has 23 heavy (non-hydrogen) atoms. The van der Waals surface area contributed by atoms with Crippen molar-refractivity contribution in [1.82, 2.24) is 15.1 Å². The third kappa shape index (κ3) is 4.05. The van der Waals surface area contributed by atoms with Crippen molar-refractivity contribution in [3.05, 3.63) is 21.9 Å². The Kier molecular flexibility index (Phi) is 5.68. The Morgan fingerprint density at radius 1 is 1.39 bits per heavy atom. The van der Waals surface area contributed by atoms with E-state index in [4.69, 9.17) is 0 Å². The normalized spacial score (nSPS) is 20.9. The molecular formula is C17H27N3O2S. The van der Waals surface area contributed by atoms with Gasteiger partial charge in [-0.3, -0.25) is 4.79 Å². The fraction of sp³-hybridized carbons (Fsp3) is 0.647. The minimum absolute atomic E-state index is 0.0122. The summed E-state index contributed by atoms with van der Waals surface area (Å²) in [6, 6.07) is 1.90. The number of aryl methyl sites for hydroxylation is 1. The first-order chi connectivity index (χ1) is 10.8. The number of nitrogens with one attached hydrogen (secondary N) is 1. The van der Waals surface area contributed by atoms with Crippen LogP contribution in [0.4, 0.5) is 4.79 Å². The van der Waals surface area contributed by atoms with Gasteiger partial charge < -0.3 is 15.1 Å².